The summed E-state index contributed by atoms with van der Waals surface area (Å²) in [5, 5.41) is 11.7. The van der Waals surface area contributed by atoms with Crippen LogP contribution >= 0.6 is 11.8 Å². The van der Waals surface area contributed by atoms with Gasteiger partial charge in [-0.05, 0) is 43.7 Å². The first-order valence-corrected chi connectivity index (χ1v) is 9.34. The van der Waals surface area contributed by atoms with E-state index in [2.05, 4.69) is 25.3 Å². The van der Waals surface area contributed by atoms with Crippen LogP contribution in [-0.2, 0) is 5.75 Å². The molecule has 0 saturated heterocycles. The number of furan rings is 1. The number of aromatic nitrogens is 5. The van der Waals surface area contributed by atoms with E-state index in [0.717, 1.165) is 22.6 Å². The predicted molar refractivity (Wildman–Crippen MR) is 103 cm³/mol. The first kappa shape index (κ1) is 17.3. The van der Waals surface area contributed by atoms with Gasteiger partial charge in [-0.2, -0.15) is 4.98 Å². The third-order valence-corrected chi connectivity index (χ3v) is 4.66. The van der Waals surface area contributed by atoms with Gasteiger partial charge >= 0.3 is 0 Å². The molecule has 8 heteroatoms. The number of H-pyrrole nitrogens is 1. The van der Waals surface area contributed by atoms with Crippen LogP contribution in [0.1, 0.15) is 28.8 Å². The summed E-state index contributed by atoms with van der Waals surface area (Å²) in [5.41, 5.74) is 2.07. The Morgan fingerprint density at radius 1 is 1.07 bits per heavy atom. The summed E-state index contributed by atoms with van der Waals surface area (Å²) >= 11 is 1.43. The SMILES string of the molecule is Cc1ccc(/C=C/c2nc(SCc3nc(-c4ccccc4C)no3)n[nH]2)o1. The number of benzene rings is 1. The molecule has 27 heavy (non-hydrogen) atoms. The van der Waals surface area contributed by atoms with Crippen molar-refractivity contribution in [2.45, 2.75) is 24.8 Å². The maximum atomic E-state index is 5.48. The molecule has 0 aliphatic heterocycles. The van der Waals surface area contributed by atoms with E-state index in [4.69, 9.17) is 8.94 Å². The van der Waals surface area contributed by atoms with Gasteiger partial charge in [0.05, 0.1) is 5.75 Å². The average Bonchev–Trinajstić information content (AvgIpc) is 3.40. The molecule has 7 nitrogen and oxygen atoms in total. The number of nitrogens with zero attached hydrogens (tertiary/aromatic N) is 4. The summed E-state index contributed by atoms with van der Waals surface area (Å²) in [6, 6.07) is 11.8. The van der Waals surface area contributed by atoms with Crippen molar-refractivity contribution in [3.8, 4) is 11.4 Å². The quantitative estimate of drug-likeness (QED) is 0.492. The van der Waals surface area contributed by atoms with Crippen LogP contribution in [0.15, 0.2) is 50.5 Å². The lowest BCUT2D eigenvalue weighted by Gasteiger charge is -1.97. The third kappa shape index (κ3) is 4.17. The van der Waals surface area contributed by atoms with E-state index in [0.29, 0.717) is 28.4 Å². The molecular weight excluding hydrogens is 362 g/mol. The van der Waals surface area contributed by atoms with Crippen LogP contribution in [0.3, 0.4) is 0 Å². The van der Waals surface area contributed by atoms with Gasteiger partial charge in [0.2, 0.25) is 16.9 Å². The Bertz CT molecular complexity index is 1080. The lowest BCUT2D eigenvalue weighted by molar-refractivity contribution is 0.391. The molecule has 0 amide bonds. The van der Waals surface area contributed by atoms with Crippen molar-refractivity contribution >= 4 is 23.9 Å². The molecule has 3 heterocycles. The summed E-state index contributed by atoms with van der Waals surface area (Å²) in [6.45, 7) is 3.93. The molecule has 4 rings (SSSR count). The average molecular weight is 379 g/mol. The number of nitrogens with one attached hydrogen (secondary N) is 1. The zero-order chi connectivity index (χ0) is 18.6. The molecule has 0 aliphatic rings. The fourth-order valence-corrected chi connectivity index (χ4v) is 3.12. The van der Waals surface area contributed by atoms with Gasteiger partial charge in [0, 0.05) is 5.56 Å². The molecule has 0 atom stereocenters. The van der Waals surface area contributed by atoms with Gasteiger partial charge < -0.3 is 8.94 Å². The minimum atomic E-state index is 0.497. The van der Waals surface area contributed by atoms with Crippen LogP contribution in [0.25, 0.3) is 23.5 Å². The zero-order valence-electron chi connectivity index (χ0n) is 14.8. The molecule has 0 fully saturated rings. The van der Waals surface area contributed by atoms with E-state index in [1.54, 1.807) is 0 Å². The maximum absolute atomic E-state index is 5.48. The third-order valence-electron chi connectivity index (χ3n) is 3.83. The van der Waals surface area contributed by atoms with Crippen LogP contribution in [0, 0.1) is 13.8 Å². The molecule has 3 aromatic heterocycles. The van der Waals surface area contributed by atoms with E-state index in [1.165, 1.54) is 11.8 Å². The molecule has 0 radical (unpaired) electrons. The highest BCUT2D eigenvalue weighted by atomic mass is 32.2. The van der Waals surface area contributed by atoms with Crippen molar-refractivity contribution in [3.05, 3.63) is 65.2 Å². The van der Waals surface area contributed by atoms with Gasteiger partial charge in [0.1, 0.15) is 17.3 Å². The Kier molecular flexibility index (Phi) is 4.88. The minimum absolute atomic E-state index is 0.497. The van der Waals surface area contributed by atoms with Gasteiger partial charge in [-0.1, -0.05) is 41.2 Å². The molecule has 0 saturated carbocycles. The van der Waals surface area contributed by atoms with Crippen molar-refractivity contribution in [2.24, 2.45) is 0 Å². The fourth-order valence-electron chi connectivity index (χ4n) is 2.47. The molecule has 0 bridgehead atoms. The van der Waals surface area contributed by atoms with Gasteiger partial charge in [0.25, 0.3) is 0 Å². The van der Waals surface area contributed by atoms with Crippen molar-refractivity contribution in [2.75, 3.05) is 0 Å². The van der Waals surface area contributed by atoms with E-state index in [9.17, 15) is 0 Å². The second-order valence-corrected chi connectivity index (χ2v) is 6.84. The normalized spacial score (nSPS) is 11.5. The van der Waals surface area contributed by atoms with Crippen molar-refractivity contribution in [3.63, 3.8) is 0 Å². The summed E-state index contributed by atoms with van der Waals surface area (Å²) in [6.07, 6.45) is 3.66. The number of hydrogen-bond acceptors (Lipinski definition) is 7. The highest BCUT2D eigenvalue weighted by molar-refractivity contribution is 7.98. The summed E-state index contributed by atoms with van der Waals surface area (Å²) < 4.78 is 10.8. The van der Waals surface area contributed by atoms with Crippen LogP contribution in [0.2, 0.25) is 0 Å². The molecule has 136 valence electrons. The Morgan fingerprint density at radius 2 is 1.96 bits per heavy atom. The lowest BCUT2D eigenvalue weighted by Crippen LogP contribution is -1.86. The molecular formula is C19H17N5O2S. The van der Waals surface area contributed by atoms with E-state index >= 15 is 0 Å². The first-order chi connectivity index (χ1) is 13.2. The Hall–Kier alpha value is -3.13. The van der Waals surface area contributed by atoms with E-state index < -0.39 is 0 Å². The number of thioether (sulfide) groups is 1. The topological polar surface area (TPSA) is 93.6 Å². The number of rotatable bonds is 6. The smallest absolute Gasteiger partial charge is 0.237 e. The Morgan fingerprint density at radius 3 is 2.78 bits per heavy atom. The summed E-state index contributed by atoms with van der Waals surface area (Å²) in [4.78, 5) is 8.85. The highest BCUT2D eigenvalue weighted by Crippen LogP contribution is 2.23. The number of hydrogen-bond donors (Lipinski definition) is 1. The minimum Gasteiger partial charge on any atom is -0.462 e. The Labute approximate surface area is 159 Å². The molecule has 4 aromatic rings. The molecule has 0 unspecified atom stereocenters. The molecule has 0 aliphatic carbocycles. The zero-order valence-corrected chi connectivity index (χ0v) is 15.7. The number of aryl methyl sites for hydroxylation is 2. The summed E-state index contributed by atoms with van der Waals surface area (Å²) in [5.74, 6) is 3.91. The van der Waals surface area contributed by atoms with Crippen molar-refractivity contribution < 1.29 is 8.94 Å². The van der Waals surface area contributed by atoms with Crippen LogP contribution in [0.4, 0.5) is 0 Å². The molecule has 1 N–H and O–H groups in total. The molecule has 1 aromatic carbocycles. The van der Waals surface area contributed by atoms with Crippen LogP contribution in [0.5, 0.6) is 0 Å². The van der Waals surface area contributed by atoms with Crippen LogP contribution < -0.4 is 0 Å². The molecule has 0 spiro atoms. The Balaban J connectivity index is 1.38. The van der Waals surface area contributed by atoms with Gasteiger partial charge in [-0.3, -0.25) is 5.10 Å². The van der Waals surface area contributed by atoms with Crippen LogP contribution in [-0.4, -0.2) is 25.3 Å². The number of aromatic amines is 1. The lowest BCUT2D eigenvalue weighted by atomic mass is 10.1. The van der Waals surface area contributed by atoms with Gasteiger partial charge in [-0.25, -0.2) is 4.98 Å². The highest BCUT2D eigenvalue weighted by Gasteiger charge is 2.12. The second kappa shape index (κ2) is 7.63. The fraction of sp³-hybridized carbons (Fsp3) is 0.158. The standard InChI is InChI=1S/C19H17N5O2S/c1-12-5-3-4-6-15(12)18-21-17(26-24-18)11-27-19-20-16(22-23-19)10-9-14-8-7-13(2)25-14/h3-10H,11H2,1-2H3,(H,20,22,23)/b10-9+. The first-order valence-electron chi connectivity index (χ1n) is 8.36. The van der Waals surface area contributed by atoms with E-state index in [-0.39, 0.29) is 0 Å². The van der Waals surface area contributed by atoms with Gasteiger partial charge in [0.15, 0.2) is 0 Å². The maximum Gasteiger partial charge on any atom is 0.237 e. The predicted octanol–water partition coefficient (Wildman–Crippen LogP) is 4.53. The van der Waals surface area contributed by atoms with Gasteiger partial charge in [-0.15, -0.1) is 5.10 Å². The van der Waals surface area contributed by atoms with Crippen molar-refractivity contribution in [1.82, 2.24) is 25.3 Å². The summed E-state index contributed by atoms with van der Waals surface area (Å²) in [7, 11) is 0. The monoisotopic (exact) mass is 379 g/mol. The largest absolute Gasteiger partial charge is 0.462 e. The van der Waals surface area contributed by atoms with E-state index in [1.807, 2.05) is 62.4 Å². The van der Waals surface area contributed by atoms with Crippen molar-refractivity contribution in [1.29, 1.82) is 0 Å². The second-order valence-electron chi connectivity index (χ2n) is 5.90.